The SMILES string of the molecule is C/C=C(\C=C/CC)CCn1c(-c2ccccc2OC)nc(C)c(C)c1=S. The van der Waals surface area contributed by atoms with E-state index in [0.29, 0.717) is 0 Å². The maximum atomic E-state index is 5.77. The fraction of sp³-hybridized carbons (Fsp3) is 0.364. The van der Waals surface area contributed by atoms with E-state index in [9.17, 15) is 0 Å². The monoisotopic (exact) mass is 368 g/mol. The van der Waals surface area contributed by atoms with Gasteiger partial charge in [-0.1, -0.05) is 55.1 Å². The van der Waals surface area contributed by atoms with Gasteiger partial charge >= 0.3 is 0 Å². The van der Waals surface area contributed by atoms with Crippen molar-refractivity contribution in [1.29, 1.82) is 0 Å². The fourth-order valence-corrected chi connectivity index (χ4v) is 3.16. The minimum Gasteiger partial charge on any atom is -0.496 e. The first-order valence-corrected chi connectivity index (χ1v) is 9.47. The van der Waals surface area contributed by atoms with E-state index in [0.717, 1.165) is 52.4 Å². The molecule has 2 aromatic rings. The van der Waals surface area contributed by atoms with Crippen LogP contribution < -0.4 is 4.74 Å². The van der Waals surface area contributed by atoms with Crippen LogP contribution in [0.25, 0.3) is 11.4 Å². The normalized spacial score (nSPS) is 12.0. The summed E-state index contributed by atoms with van der Waals surface area (Å²) in [6, 6.07) is 7.97. The van der Waals surface area contributed by atoms with Crippen molar-refractivity contribution in [1.82, 2.24) is 9.55 Å². The number of hydrogen-bond acceptors (Lipinski definition) is 3. The van der Waals surface area contributed by atoms with Crippen molar-refractivity contribution in [3.05, 3.63) is 64.0 Å². The van der Waals surface area contributed by atoms with Crippen LogP contribution in [0.1, 0.15) is 37.9 Å². The Kier molecular flexibility index (Phi) is 7.34. The summed E-state index contributed by atoms with van der Waals surface area (Å²) in [5, 5.41) is 0. The summed E-state index contributed by atoms with van der Waals surface area (Å²) >= 11 is 5.77. The highest BCUT2D eigenvalue weighted by atomic mass is 32.1. The Morgan fingerprint density at radius 2 is 2.00 bits per heavy atom. The molecule has 0 spiro atoms. The fourth-order valence-electron chi connectivity index (χ4n) is 2.83. The molecule has 0 aliphatic heterocycles. The summed E-state index contributed by atoms with van der Waals surface area (Å²) in [4.78, 5) is 4.86. The molecule has 26 heavy (non-hydrogen) atoms. The molecule has 1 aromatic carbocycles. The molecule has 0 bridgehead atoms. The zero-order valence-corrected chi connectivity index (χ0v) is 17.2. The summed E-state index contributed by atoms with van der Waals surface area (Å²) < 4.78 is 8.53. The molecule has 2 rings (SSSR count). The van der Waals surface area contributed by atoms with E-state index in [4.69, 9.17) is 21.9 Å². The average molecular weight is 369 g/mol. The molecule has 0 saturated heterocycles. The van der Waals surface area contributed by atoms with Gasteiger partial charge in [0, 0.05) is 17.8 Å². The van der Waals surface area contributed by atoms with Gasteiger partial charge in [-0.15, -0.1) is 0 Å². The largest absolute Gasteiger partial charge is 0.496 e. The Balaban J connectivity index is 2.53. The van der Waals surface area contributed by atoms with Gasteiger partial charge in [-0.25, -0.2) is 4.98 Å². The summed E-state index contributed by atoms with van der Waals surface area (Å²) in [6.45, 7) is 9.06. The van der Waals surface area contributed by atoms with Gasteiger partial charge in [0.15, 0.2) is 0 Å². The molecular weight excluding hydrogens is 340 g/mol. The topological polar surface area (TPSA) is 27.1 Å². The summed E-state index contributed by atoms with van der Waals surface area (Å²) in [6.07, 6.45) is 8.49. The number of para-hydroxylation sites is 1. The van der Waals surface area contributed by atoms with Gasteiger partial charge in [-0.3, -0.25) is 0 Å². The first-order valence-electron chi connectivity index (χ1n) is 9.06. The average Bonchev–Trinajstić information content (AvgIpc) is 2.67. The van der Waals surface area contributed by atoms with Gasteiger partial charge in [-0.05, 0) is 45.7 Å². The third-order valence-corrected chi connectivity index (χ3v) is 5.07. The molecule has 0 saturated carbocycles. The van der Waals surface area contributed by atoms with E-state index in [2.05, 4.69) is 36.6 Å². The van der Waals surface area contributed by atoms with Gasteiger partial charge in [0.05, 0.1) is 12.7 Å². The third-order valence-electron chi connectivity index (χ3n) is 4.55. The van der Waals surface area contributed by atoms with Gasteiger partial charge in [0.25, 0.3) is 0 Å². The molecular formula is C22H28N2OS. The minimum atomic E-state index is 0.786. The molecule has 138 valence electrons. The number of nitrogens with zero attached hydrogens (tertiary/aromatic N) is 2. The van der Waals surface area contributed by atoms with E-state index in [1.54, 1.807) is 7.11 Å². The van der Waals surface area contributed by atoms with Crippen LogP contribution >= 0.6 is 12.2 Å². The Morgan fingerprint density at radius 3 is 2.65 bits per heavy atom. The molecule has 0 fully saturated rings. The number of hydrogen-bond donors (Lipinski definition) is 0. The number of methoxy groups -OCH3 is 1. The number of ether oxygens (including phenoxy) is 1. The van der Waals surface area contributed by atoms with E-state index in [1.165, 1.54) is 5.57 Å². The van der Waals surface area contributed by atoms with Gasteiger partial charge in [-0.2, -0.15) is 0 Å². The quantitative estimate of drug-likeness (QED) is 0.429. The Labute approximate surface area is 162 Å². The molecule has 0 aliphatic carbocycles. The second-order valence-electron chi connectivity index (χ2n) is 6.23. The molecule has 0 N–H and O–H groups in total. The number of benzene rings is 1. The maximum absolute atomic E-state index is 5.77. The minimum absolute atomic E-state index is 0.786. The van der Waals surface area contributed by atoms with Gasteiger partial charge in [0.1, 0.15) is 16.2 Å². The highest BCUT2D eigenvalue weighted by molar-refractivity contribution is 7.71. The maximum Gasteiger partial charge on any atom is 0.144 e. The predicted octanol–water partition coefficient (Wildman–Crippen LogP) is 6.21. The van der Waals surface area contributed by atoms with Crippen LogP contribution in [0.2, 0.25) is 0 Å². The van der Waals surface area contributed by atoms with Crippen LogP contribution in [-0.2, 0) is 6.54 Å². The first kappa shape index (κ1) is 20.1. The van der Waals surface area contributed by atoms with Crippen molar-refractivity contribution >= 4 is 12.2 Å². The van der Waals surface area contributed by atoms with Crippen molar-refractivity contribution < 1.29 is 4.74 Å². The molecule has 0 amide bonds. The number of allylic oxidation sites excluding steroid dienone is 4. The van der Waals surface area contributed by atoms with Gasteiger partial charge < -0.3 is 9.30 Å². The summed E-state index contributed by atoms with van der Waals surface area (Å²) in [5.74, 6) is 1.68. The van der Waals surface area contributed by atoms with Crippen LogP contribution in [0.15, 0.2) is 48.1 Å². The third kappa shape index (κ3) is 4.50. The molecule has 0 atom stereocenters. The van der Waals surface area contributed by atoms with Crippen molar-refractivity contribution in [2.75, 3.05) is 7.11 Å². The number of aromatic nitrogens is 2. The summed E-state index contributed by atoms with van der Waals surface area (Å²) in [5.41, 5.74) is 4.29. The number of aryl methyl sites for hydroxylation is 1. The van der Waals surface area contributed by atoms with Crippen molar-refractivity contribution in [2.24, 2.45) is 0 Å². The molecule has 1 aromatic heterocycles. The molecule has 3 nitrogen and oxygen atoms in total. The van der Waals surface area contributed by atoms with Crippen molar-refractivity contribution in [3.63, 3.8) is 0 Å². The van der Waals surface area contributed by atoms with Gasteiger partial charge in [0.2, 0.25) is 0 Å². The van der Waals surface area contributed by atoms with Crippen LogP contribution in [0, 0.1) is 18.5 Å². The smallest absolute Gasteiger partial charge is 0.144 e. The summed E-state index contributed by atoms with van der Waals surface area (Å²) in [7, 11) is 1.69. The lowest BCUT2D eigenvalue weighted by Crippen LogP contribution is -2.11. The Morgan fingerprint density at radius 1 is 1.27 bits per heavy atom. The van der Waals surface area contributed by atoms with E-state index < -0.39 is 0 Å². The Bertz CT molecular complexity index is 878. The van der Waals surface area contributed by atoms with Crippen LogP contribution in [-0.4, -0.2) is 16.7 Å². The standard InChI is InChI=1S/C22H28N2OS/c1-6-8-11-18(7-2)14-15-24-21(23-17(4)16(3)22(24)26)19-12-9-10-13-20(19)25-5/h7-13H,6,14-15H2,1-5H3/b11-8-,18-7+. The van der Waals surface area contributed by atoms with E-state index >= 15 is 0 Å². The van der Waals surface area contributed by atoms with Crippen LogP contribution in [0.3, 0.4) is 0 Å². The molecule has 0 unspecified atom stereocenters. The molecule has 1 heterocycles. The molecule has 0 radical (unpaired) electrons. The van der Waals surface area contributed by atoms with Crippen LogP contribution in [0.4, 0.5) is 0 Å². The zero-order valence-electron chi connectivity index (χ0n) is 16.4. The van der Waals surface area contributed by atoms with Crippen molar-refractivity contribution in [2.45, 2.75) is 47.1 Å². The second kappa shape index (κ2) is 9.48. The predicted molar refractivity (Wildman–Crippen MR) is 112 cm³/mol. The van der Waals surface area contributed by atoms with E-state index in [1.807, 2.05) is 38.1 Å². The Hall–Kier alpha value is -2.20. The lowest BCUT2D eigenvalue weighted by molar-refractivity contribution is 0.415. The van der Waals surface area contributed by atoms with Crippen LogP contribution in [0.5, 0.6) is 5.75 Å². The number of rotatable bonds is 7. The lowest BCUT2D eigenvalue weighted by atomic mass is 10.1. The zero-order chi connectivity index (χ0) is 19.1. The highest BCUT2D eigenvalue weighted by Crippen LogP contribution is 2.30. The second-order valence-corrected chi connectivity index (χ2v) is 6.61. The lowest BCUT2D eigenvalue weighted by Gasteiger charge is -2.18. The van der Waals surface area contributed by atoms with Crippen molar-refractivity contribution in [3.8, 4) is 17.1 Å². The molecule has 4 heteroatoms. The van der Waals surface area contributed by atoms with E-state index in [-0.39, 0.29) is 0 Å². The highest BCUT2D eigenvalue weighted by Gasteiger charge is 2.14. The first-order chi connectivity index (χ1) is 12.5. The molecule has 0 aliphatic rings.